The van der Waals surface area contributed by atoms with E-state index in [1.807, 2.05) is 18.7 Å². The van der Waals surface area contributed by atoms with Gasteiger partial charge in [0.2, 0.25) is 11.8 Å². The van der Waals surface area contributed by atoms with Gasteiger partial charge in [0.15, 0.2) is 5.16 Å². The topological polar surface area (TPSA) is 75.5 Å². The maximum Gasteiger partial charge on any atom is 0.257 e. The van der Waals surface area contributed by atoms with Gasteiger partial charge in [-0.2, -0.15) is 0 Å². The molecule has 3 rings (SSSR count). The quantitative estimate of drug-likeness (QED) is 0.716. The molecule has 136 valence electrons. The predicted molar refractivity (Wildman–Crippen MR) is 95.7 cm³/mol. The molecule has 8 heteroatoms. The Kier molecular flexibility index (Phi) is 5.17. The molecule has 0 aromatic carbocycles. The van der Waals surface area contributed by atoms with E-state index in [0.29, 0.717) is 50.1 Å². The molecule has 0 N–H and O–H groups in total. The van der Waals surface area contributed by atoms with Crippen molar-refractivity contribution in [1.29, 1.82) is 0 Å². The van der Waals surface area contributed by atoms with E-state index in [1.165, 1.54) is 11.8 Å². The Hall–Kier alpha value is -1.83. The zero-order valence-electron chi connectivity index (χ0n) is 14.9. The number of aryl methyl sites for hydroxylation is 1. The fourth-order valence-electron chi connectivity index (χ4n) is 3.45. The molecule has 7 nitrogen and oxygen atoms in total. The second-order valence-corrected chi connectivity index (χ2v) is 7.55. The average Bonchev–Trinajstić information content (AvgIpc) is 2.61. The predicted octanol–water partition coefficient (Wildman–Crippen LogP) is 0.527. The van der Waals surface area contributed by atoms with Gasteiger partial charge in [-0.25, -0.2) is 4.98 Å². The molecule has 1 aromatic heterocycles. The van der Waals surface area contributed by atoms with E-state index in [0.717, 1.165) is 11.3 Å². The Bertz CT molecular complexity index is 753. The lowest BCUT2D eigenvalue weighted by atomic mass is 10.1. The zero-order valence-corrected chi connectivity index (χ0v) is 15.8. The van der Waals surface area contributed by atoms with Crippen LogP contribution in [0, 0.1) is 12.8 Å². The lowest BCUT2D eigenvalue weighted by Gasteiger charge is -2.37. The maximum absolute atomic E-state index is 12.8. The third kappa shape index (κ3) is 3.44. The van der Waals surface area contributed by atoms with Crippen LogP contribution < -0.4 is 5.56 Å². The first kappa shape index (κ1) is 18.0. The Balaban J connectivity index is 1.74. The van der Waals surface area contributed by atoms with Crippen molar-refractivity contribution in [3.63, 3.8) is 0 Å². The van der Waals surface area contributed by atoms with Crippen LogP contribution in [-0.2, 0) is 22.6 Å². The van der Waals surface area contributed by atoms with Crippen molar-refractivity contribution in [1.82, 2.24) is 19.4 Å². The smallest absolute Gasteiger partial charge is 0.257 e. The van der Waals surface area contributed by atoms with Gasteiger partial charge >= 0.3 is 0 Å². The van der Waals surface area contributed by atoms with Crippen molar-refractivity contribution in [2.24, 2.45) is 5.92 Å². The van der Waals surface area contributed by atoms with Gasteiger partial charge in [0, 0.05) is 56.7 Å². The Morgan fingerprint density at radius 2 is 1.84 bits per heavy atom. The van der Waals surface area contributed by atoms with Crippen molar-refractivity contribution in [3.8, 4) is 0 Å². The summed E-state index contributed by atoms with van der Waals surface area (Å²) in [5.74, 6) is 0.554. The van der Waals surface area contributed by atoms with Gasteiger partial charge in [0.05, 0.1) is 5.92 Å². The van der Waals surface area contributed by atoms with Gasteiger partial charge in [-0.05, 0) is 13.3 Å². The first-order chi connectivity index (χ1) is 11.9. The number of hydrogen-bond acceptors (Lipinski definition) is 5. The number of carbonyl (C=O) groups excluding carboxylic acids is 2. The van der Waals surface area contributed by atoms with Crippen molar-refractivity contribution >= 4 is 23.6 Å². The van der Waals surface area contributed by atoms with Gasteiger partial charge in [-0.1, -0.05) is 18.7 Å². The summed E-state index contributed by atoms with van der Waals surface area (Å²) in [6.45, 7) is 8.06. The highest BCUT2D eigenvalue weighted by molar-refractivity contribution is 7.99. The molecule has 1 aromatic rings. The van der Waals surface area contributed by atoms with Crippen LogP contribution in [0.1, 0.15) is 25.1 Å². The largest absolute Gasteiger partial charge is 0.339 e. The number of hydrogen-bond donors (Lipinski definition) is 0. The molecule has 0 radical (unpaired) electrons. The highest BCUT2D eigenvalue weighted by Crippen LogP contribution is 2.27. The monoisotopic (exact) mass is 364 g/mol. The number of thioether (sulfide) groups is 1. The fraction of sp³-hybridized carbons (Fsp3) is 0.647. The van der Waals surface area contributed by atoms with Crippen LogP contribution in [0.15, 0.2) is 9.95 Å². The summed E-state index contributed by atoms with van der Waals surface area (Å²) in [5, 5.41) is 0.713. The molecular weight excluding hydrogens is 340 g/mol. The fourth-order valence-corrected chi connectivity index (χ4v) is 4.56. The molecule has 2 amide bonds. The molecule has 0 spiro atoms. The third-order valence-electron chi connectivity index (χ3n) is 4.99. The van der Waals surface area contributed by atoms with E-state index in [9.17, 15) is 14.4 Å². The number of piperazine rings is 1. The van der Waals surface area contributed by atoms with Gasteiger partial charge in [0.1, 0.15) is 0 Å². The second kappa shape index (κ2) is 7.19. The van der Waals surface area contributed by atoms with Crippen molar-refractivity contribution in [2.45, 2.75) is 38.9 Å². The number of nitrogens with zero attached hydrogens (tertiary/aromatic N) is 4. The van der Waals surface area contributed by atoms with Gasteiger partial charge in [-0.3, -0.25) is 19.0 Å². The Morgan fingerprint density at radius 3 is 2.44 bits per heavy atom. The van der Waals surface area contributed by atoms with Crippen LogP contribution in [0.2, 0.25) is 0 Å². The van der Waals surface area contributed by atoms with Crippen LogP contribution in [0.25, 0.3) is 0 Å². The third-order valence-corrected chi connectivity index (χ3v) is 6.13. The molecule has 25 heavy (non-hydrogen) atoms. The zero-order chi connectivity index (χ0) is 18.1. The summed E-state index contributed by atoms with van der Waals surface area (Å²) >= 11 is 1.48. The minimum atomic E-state index is -0.215. The summed E-state index contributed by atoms with van der Waals surface area (Å²) in [6, 6.07) is 0. The van der Waals surface area contributed by atoms with E-state index < -0.39 is 0 Å². The highest BCUT2D eigenvalue weighted by Gasteiger charge is 2.32. The molecule has 0 bridgehead atoms. The molecular formula is C17H24N4O3S. The van der Waals surface area contributed by atoms with Crippen LogP contribution in [0.5, 0.6) is 0 Å². The van der Waals surface area contributed by atoms with E-state index in [2.05, 4.69) is 4.98 Å². The SMILES string of the molecule is CCc1c(C)nc2n(c1=O)CC(C(=O)N1CCN(C(C)=O)CC1)CS2. The summed E-state index contributed by atoms with van der Waals surface area (Å²) in [4.78, 5) is 45.1. The van der Waals surface area contributed by atoms with Crippen LogP contribution >= 0.6 is 11.8 Å². The van der Waals surface area contributed by atoms with E-state index in [-0.39, 0.29) is 23.3 Å². The molecule has 1 unspecified atom stereocenters. The number of rotatable bonds is 2. The number of amides is 2. The van der Waals surface area contributed by atoms with Gasteiger partial charge < -0.3 is 9.80 Å². The van der Waals surface area contributed by atoms with Gasteiger partial charge in [0.25, 0.3) is 5.56 Å². The lowest BCUT2D eigenvalue weighted by molar-refractivity contribution is -0.141. The molecule has 2 aliphatic heterocycles. The van der Waals surface area contributed by atoms with Crippen molar-refractivity contribution in [3.05, 3.63) is 21.6 Å². The summed E-state index contributed by atoms with van der Waals surface area (Å²) in [7, 11) is 0. The number of fused-ring (bicyclic) bond motifs is 1. The van der Waals surface area contributed by atoms with E-state index in [1.54, 1.807) is 16.4 Å². The van der Waals surface area contributed by atoms with Gasteiger partial charge in [-0.15, -0.1) is 0 Å². The first-order valence-electron chi connectivity index (χ1n) is 8.69. The molecule has 1 atom stereocenters. The van der Waals surface area contributed by atoms with Crippen molar-refractivity contribution in [2.75, 3.05) is 31.9 Å². The second-order valence-electron chi connectivity index (χ2n) is 6.57. The summed E-state index contributed by atoms with van der Waals surface area (Å²) < 4.78 is 1.66. The van der Waals surface area contributed by atoms with Crippen LogP contribution in [0.3, 0.4) is 0 Å². The molecule has 1 saturated heterocycles. The molecule has 3 heterocycles. The normalized spacial score (nSPS) is 20.4. The standard InChI is InChI=1S/C17H24N4O3S/c1-4-14-11(2)18-17-21(16(14)24)9-13(10-25-17)15(23)20-7-5-19(6-8-20)12(3)22/h13H,4-10H2,1-3H3. The van der Waals surface area contributed by atoms with E-state index >= 15 is 0 Å². The molecule has 0 saturated carbocycles. The minimum absolute atomic E-state index is 0.0172. The molecule has 0 aliphatic carbocycles. The van der Waals surface area contributed by atoms with E-state index in [4.69, 9.17) is 0 Å². The Morgan fingerprint density at radius 1 is 1.20 bits per heavy atom. The summed E-state index contributed by atoms with van der Waals surface area (Å²) in [5.41, 5.74) is 1.50. The Labute approximate surface area is 151 Å². The first-order valence-corrected chi connectivity index (χ1v) is 9.68. The number of aromatic nitrogens is 2. The van der Waals surface area contributed by atoms with Crippen LogP contribution in [-0.4, -0.2) is 63.1 Å². The van der Waals surface area contributed by atoms with Crippen molar-refractivity contribution < 1.29 is 9.59 Å². The summed E-state index contributed by atoms with van der Waals surface area (Å²) in [6.07, 6.45) is 0.647. The van der Waals surface area contributed by atoms with Crippen LogP contribution in [0.4, 0.5) is 0 Å². The molecule has 1 fully saturated rings. The highest BCUT2D eigenvalue weighted by atomic mass is 32.2. The lowest BCUT2D eigenvalue weighted by Crippen LogP contribution is -2.52. The maximum atomic E-state index is 12.8. The number of carbonyl (C=O) groups is 2. The minimum Gasteiger partial charge on any atom is -0.339 e. The average molecular weight is 364 g/mol. The molecule has 2 aliphatic rings.